The number of benzene rings is 1. The molecule has 132 valence electrons. The SMILES string of the molecule is C=CC(=O)NCO.C=CC(=O)OCCCC.C=Cc1ccccc1. The molecule has 0 atom stereocenters. The van der Waals surface area contributed by atoms with Crippen molar-refractivity contribution in [1.82, 2.24) is 5.32 Å². The average molecular weight is 333 g/mol. The number of aliphatic hydroxyl groups excluding tert-OH is 1. The van der Waals surface area contributed by atoms with Gasteiger partial charge in [-0.15, -0.1) is 0 Å². The zero-order valence-electron chi connectivity index (χ0n) is 14.2. The highest BCUT2D eigenvalue weighted by Gasteiger charge is 1.91. The van der Waals surface area contributed by atoms with E-state index in [9.17, 15) is 9.59 Å². The fourth-order valence-electron chi connectivity index (χ4n) is 1.12. The van der Waals surface area contributed by atoms with Crippen LogP contribution in [0, 0.1) is 0 Å². The van der Waals surface area contributed by atoms with Crippen molar-refractivity contribution >= 4 is 18.0 Å². The molecule has 0 unspecified atom stereocenters. The monoisotopic (exact) mass is 333 g/mol. The molecule has 1 rings (SSSR count). The highest BCUT2D eigenvalue weighted by atomic mass is 16.5. The van der Waals surface area contributed by atoms with Crippen LogP contribution >= 0.6 is 0 Å². The molecule has 0 saturated heterocycles. The second-order valence-corrected chi connectivity index (χ2v) is 4.24. The maximum atomic E-state index is 10.3. The lowest BCUT2D eigenvalue weighted by Crippen LogP contribution is -2.20. The summed E-state index contributed by atoms with van der Waals surface area (Å²) in [7, 11) is 0. The molecule has 0 bridgehead atoms. The van der Waals surface area contributed by atoms with Crippen molar-refractivity contribution in [2.75, 3.05) is 13.3 Å². The van der Waals surface area contributed by atoms with Crippen LogP contribution in [0.3, 0.4) is 0 Å². The number of carbonyl (C=O) groups is 2. The first-order chi connectivity index (χ1) is 11.5. The van der Waals surface area contributed by atoms with Gasteiger partial charge in [-0.25, -0.2) is 4.79 Å². The molecule has 0 heterocycles. The summed E-state index contributed by atoms with van der Waals surface area (Å²) in [5.41, 5.74) is 1.17. The summed E-state index contributed by atoms with van der Waals surface area (Å²) in [5.74, 6) is -0.689. The zero-order valence-corrected chi connectivity index (χ0v) is 14.2. The fourth-order valence-corrected chi connectivity index (χ4v) is 1.12. The summed E-state index contributed by atoms with van der Waals surface area (Å²) in [6.45, 7) is 12.3. The molecule has 1 aromatic carbocycles. The summed E-state index contributed by atoms with van der Waals surface area (Å²) in [4.78, 5) is 20.4. The lowest BCUT2D eigenvalue weighted by atomic mass is 10.2. The van der Waals surface area contributed by atoms with E-state index in [1.54, 1.807) is 0 Å². The Morgan fingerprint density at radius 3 is 2.12 bits per heavy atom. The Kier molecular flexibility index (Phi) is 18.1. The molecule has 0 fully saturated rings. The molecule has 0 aliphatic carbocycles. The summed E-state index contributed by atoms with van der Waals surface area (Å²) in [6, 6.07) is 10.0. The first-order valence-corrected chi connectivity index (χ1v) is 7.53. The van der Waals surface area contributed by atoms with Gasteiger partial charge < -0.3 is 15.2 Å². The maximum absolute atomic E-state index is 10.3. The van der Waals surface area contributed by atoms with Crippen molar-refractivity contribution < 1.29 is 19.4 Å². The quantitative estimate of drug-likeness (QED) is 0.348. The minimum absolute atomic E-state index is 0.329. The van der Waals surface area contributed by atoms with Crippen LogP contribution in [-0.2, 0) is 14.3 Å². The van der Waals surface area contributed by atoms with Gasteiger partial charge in [0, 0.05) is 6.08 Å². The minimum Gasteiger partial charge on any atom is -0.463 e. The van der Waals surface area contributed by atoms with Gasteiger partial charge in [-0.2, -0.15) is 0 Å². The highest BCUT2D eigenvalue weighted by molar-refractivity contribution is 5.86. The number of hydrogen-bond acceptors (Lipinski definition) is 4. The molecule has 0 aromatic heterocycles. The first kappa shape index (κ1) is 23.6. The third-order valence-corrected chi connectivity index (χ3v) is 2.38. The molecule has 0 spiro atoms. The number of amides is 1. The molecular formula is C19H27NO4. The van der Waals surface area contributed by atoms with Crippen molar-refractivity contribution in [3.63, 3.8) is 0 Å². The van der Waals surface area contributed by atoms with E-state index in [1.807, 2.05) is 43.3 Å². The molecule has 2 N–H and O–H groups in total. The Hall–Kier alpha value is -2.66. The number of esters is 1. The van der Waals surface area contributed by atoms with Gasteiger partial charge in [0.15, 0.2) is 0 Å². The Morgan fingerprint density at radius 1 is 1.17 bits per heavy atom. The van der Waals surface area contributed by atoms with E-state index in [1.165, 1.54) is 11.6 Å². The topological polar surface area (TPSA) is 75.6 Å². The number of unbranched alkanes of at least 4 members (excludes halogenated alkanes) is 1. The van der Waals surface area contributed by atoms with Crippen molar-refractivity contribution in [2.45, 2.75) is 19.8 Å². The van der Waals surface area contributed by atoms with Crippen molar-refractivity contribution in [3.05, 3.63) is 67.8 Å². The third-order valence-electron chi connectivity index (χ3n) is 2.38. The summed E-state index contributed by atoms with van der Waals surface area (Å²) in [5, 5.41) is 10.1. The predicted octanol–water partition coefficient (Wildman–Crippen LogP) is 3.08. The normalized spacial score (nSPS) is 8.25. The van der Waals surface area contributed by atoms with E-state index >= 15 is 0 Å². The fraction of sp³-hybridized carbons (Fsp3) is 0.263. The van der Waals surface area contributed by atoms with Gasteiger partial charge >= 0.3 is 5.97 Å². The molecule has 1 amide bonds. The third kappa shape index (κ3) is 17.4. The Morgan fingerprint density at radius 2 is 1.79 bits per heavy atom. The molecule has 0 saturated carbocycles. The lowest BCUT2D eigenvalue weighted by Gasteiger charge is -1.97. The van der Waals surface area contributed by atoms with Gasteiger partial charge in [0.1, 0.15) is 6.73 Å². The van der Waals surface area contributed by atoms with Crippen LogP contribution in [0.2, 0.25) is 0 Å². The molecule has 1 aromatic rings. The molecule has 0 aliphatic rings. The zero-order chi connectivity index (χ0) is 18.6. The van der Waals surface area contributed by atoms with Gasteiger partial charge in [0.25, 0.3) is 0 Å². The van der Waals surface area contributed by atoms with E-state index in [-0.39, 0.29) is 18.6 Å². The first-order valence-electron chi connectivity index (χ1n) is 7.53. The Bertz CT molecular complexity index is 483. The van der Waals surface area contributed by atoms with Crippen molar-refractivity contribution in [1.29, 1.82) is 0 Å². The standard InChI is InChI=1S/C8H8.C7H12O2.C4H7NO2/c1-2-8-6-4-3-5-7-8;1-3-5-6-9-7(8)4-2;1-2-4(7)5-3-6/h2-7H,1H2;4H,2-3,5-6H2,1H3;2,6H,1,3H2,(H,5,7). The van der Waals surface area contributed by atoms with E-state index < -0.39 is 0 Å². The van der Waals surface area contributed by atoms with Gasteiger partial charge in [-0.05, 0) is 18.1 Å². The Labute approximate surface area is 144 Å². The van der Waals surface area contributed by atoms with Gasteiger partial charge in [-0.1, -0.05) is 69.5 Å². The van der Waals surface area contributed by atoms with Gasteiger partial charge in [-0.3, -0.25) is 4.79 Å². The van der Waals surface area contributed by atoms with Crippen LogP contribution in [0.4, 0.5) is 0 Å². The van der Waals surface area contributed by atoms with Crippen LogP contribution in [0.5, 0.6) is 0 Å². The van der Waals surface area contributed by atoms with Crippen LogP contribution in [0.25, 0.3) is 6.08 Å². The van der Waals surface area contributed by atoms with Crippen LogP contribution in [0.1, 0.15) is 25.3 Å². The van der Waals surface area contributed by atoms with Gasteiger partial charge in [0.05, 0.1) is 6.61 Å². The van der Waals surface area contributed by atoms with E-state index in [2.05, 4.69) is 29.8 Å². The largest absolute Gasteiger partial charge is 0.463 e. The molecular weight excluding hydrogens is 306 g/mol. The molecule has 24 heavy (non-hydrogen) atoms. The van der Waals surface area contributed by atoms with Crippen LogP contribution in [0.15, 0.2) is 62.2 Å². The number of rotatable bonds is 7. The summed E-state index contributed by atoms with van der Waals surface area (Å²) < 4.78 is 4.67. The summed E-state index contributed by atoms with van der Waals surface area (Å²) >= 11 is 0. The van der Waals surface area contributed by atoms with Crippen LogP contribution in [-0.4, -0.2) is 30.3 Å². The second-order valence-electron chi connectivity index (χ2n) is 4.24. The van der Waals surface area contributed by atoms with E-state index in [4.69, 9.17) is 5.11 Å². The summed E-state index contributed by atoms with van der Waals surface area (Å²) in [6.07, 6.45) is 6.08. The number of aliphatic hydroxyl groups is 1. The molecule has 5 nitrogen and oxygen atoms in total. The maximum Gasteiger partial charge on any atom is 0.330 e. The van der Waals surface area contributed by atoms with Crippen LogP contribution < -0.4 is 5.32 Å². The molecule has 5 heteroatoms. The van der Waals surface area contributed by atoms with Crippen molar-refractivity contribution in [3.8, 4) is 0 Å². The number of nitrogens with one attached hydrogen (secondary N) is 1. The molecule has 0 radical (unpaired) electrons. The number of hydrogen-bond donors (Lipinski definition) is 2. The van der Waals surface area contributed by atoms with E-state index in [0.717, 1.165) is 18.9 Å². The average Bonchev–Trinajstić information content (AvgIpc) is 2.63. The molecule has 0 aliphatic heterocycles. The number of carbonyl (C=O) groups excluding carboxylic acids is 2. The highest BCUT2D eigenvalue weighted by Crippen LogP contribution is 1.97. The number of ether oxygens (including phenoxy) is 1. The Balaban J connectivity index is 0. The minimum atomic E-state index is -0.359. The van der Waals surface area contributed by atoms with E-state index in [0.29, 0.717) is 6.61 Å². The second kappa shape index (κ2) is 18.4. The lowest BCUT2D eigenvalue weighted by molar-refractivity contribution is -0.137. The van der Waals surface area contributed by atoms with Gasteiger partial charge in [0.2, 0.25) is 5.91 Å². The van der Waals surface area contributed by atoms with Crippen molar-refractivity contribution in [2.24, 2.45) is 0 Å². The predicted molar refractivity (Wildman–Crippen MR) is 98.0 cm³/mol. The smallest absolute Gasteiger partial charge is 0.330 e.